The maximum absolute atomic E-state index is 6.34. The number of methoxy groups -OCH3 is 4. The van der Waals surface area contributed by atoms with E-state index < -0.39 is 0 Å². The SMILES string of the molecule is C#CC(CC(C)C)(c1ccc(OC)c(OC)c1)C(CC)CCCCNCCc1ccc(OC)c(OC)c1. The van der Waals surface area contributed by atoms with Gasteiger partial charge in [0, 0.05) is 0 Å². The lowest BCUT2D eigenvalue weighted by atomic mass is 9.64. The van der Waals surface area contributed by atoms with Gasteiger partial charge < -0.3 is 24.3 Å². The Morgan fingerprint density at radius 1 is 0.838 bits per heavy atom. The Hall–Kier alpha value is -2.84. The highest BCUT2D eigenvalue weighted by molar-refractivity contribution is 5.48. The van der Waals surface area contributed by atoms with Crippen molar-refractivity contribution in [3.8, 4) is 35.3 Å². The minimum absolute atomic E-state index is 0.330. The highest BCUT2D eigenvalue weighted by Gasteiger charge is 2.38. The van der Waals surface area contributed by atoms with Gasteiger partial charge in [-0.05, 0) is 86.0 Å². The number of ether oxygens (including phenoxy) is 4. The van der Waals surface area contributed by atoms with Gasteiger partial charge in [-0.15, -0.1) is 6.42 Å². The molecule has 0 saturated carbocycles. The van der Waals surface area contributed by atoms with Gasteiger partial charge >= 0.3 is 0 Å². The first-order chi connectivity index (χ1) is 17.9. The van der Waals surface area contributed by atoms with E-state index in [9.17, 15) is 0 Å². The summed E-state index contributed by atoms with van der Waals surface area (Å²) in [5.74, 6) is 7.15. The van der Waals surface area contributed by atoms with Gasteiger partial charge in [0.15, 0.2) is 23.0 Å². The lowest BCUT2D eigenvalue weighted by molar-refractivity contribution is 0.259. The van der Waals surface area contributed by atoms with Crippen LogP contribution < -0.4 is 24.3 Å². The van der Waals surface area contributed by atoms with Crippen molar-refractivity contribution < 1.29 is 18.9 Å². The largest absolute Gasteiger partial charge is 0.493 e. The molecule has 0 spiro atoms. The number of hydrogen-bond donors (Lipinski definition) is 1. The summed E-state index contributed by atoms with van der Waals surface area (Å²) in [6.45, 7) is 8.69. The molecule has 0 saturated heterocycles. The van der Waals surface area contributed by atoms with Crippen LogP contribution in [0.15, 0.2) is 36.4 Å². The first-order valence-corrected chi connectivity index (χ1v) is 13.5. The molecular weight excluding hydrogens is 462 g/mol. The zero-order valence-electron chi connectivity index (χ0n) is 24.0. The Kier molecular flexibility index (Phi) is 12.7. The smallest absolute Gasteiger partial charge is 0.161 e. The maximum atomic E-state index is 6.34. The van der Waals surface area contributed by atoms with Crippen molar-refractivity contribution in [2.75, 3.05) is 41.5 Å². The van der Waals surface area contributed by atoms with Gasteiger partial charge in [0.25, 0.3) is 0 Å². The van der Waals surface area contributed by atoms with Crippen LogP contribution in [0.25, 0.3) is 0 Å². The van der Waals surface area contributed by atoms with E-state index in [-0.39, 0.29) is 5.41 Å². The molecule has 0 bridgehead atoms. The van der Waals surface area contributed by atoms with Crippen LogP contribution in [-0.2, 0) is 11.8 Å². The topological polar surface area (TPSA) is 49.0 Å². The molecule has 0 aliphatic rings. The fourth-order valence-electron chi connectivity index (χ4n) is 5.37. The van der Waals surface area contributed by atoms with E-state index in [4.69, 9.17) is 25.4 Å². The molecule has 0 aliphatic carbocycles. The molecular formula is C32H47NO4. The van der Waals surface area contributed by atoms with Crippen LogP contribution >= 0.6 is 0 Å². The number of rotatable bonds is 17. The van der Waals surface area contributed by atoms with Crippen LogP contribution in [-0.4, -0.2) is 41.5 Å². The van der Waals surface area contributed by atoms with Crippen molar-refractivity contribution in [3.63, 3.8) is 0 Å². The van der Waals surface area contributed by atoms with Crippen molar-refractivity contribution in [1.82, 2.24) is 5.32 Å². The van der Waals surface area contributed by atoms with Crippen molar-refractivity contribution in [3.05, 3.63) is 47.5 Å². The first-order valence-electron chi connectivity index (χ1n) is 13.5. The third kappa shape index (κ3) is 8.07. The molecule has 0 amide bonds. The summed E-state index contributed by atoms with van der Waals surface area (Å²) < 4.78 is 21.8. The lowest BCUT2D eigenvalue weighted by Crippen LogP contribution is -2.35. The fraction of sp³-hybridized carbons (Fsp3) is 0.562. The average Bonchev–Trinajstić information content (AvgIpc) is 2.92. The Balaban J connectivity index is 1.97. The Morgan fingerprint density at radius 2 is 1.46 bits per heavy atom. The summed E-state index contributed by atoms with van der Waals surface area (Å²) in [4.78, 5) is 0. The zero-order chi connectivity index (χ0) is 27.3. The van der Waals surface area contributed by atoms with Gasteiger partial charge in [-0.3, -0.25) is 0 Å². The zero-order valence-corrected chi connectivity index (χ0v) is 24.0. The van der Waals surface area contributed by atoms with Gasteiger partial charge in [0.05, 0.1) is 33.9 Å². The van der Waals surface area contributed by atoms with Crippen molar-refractivity contribution in [2.45, 2.75) is 64.7 Å². The van der Waals surface area contributed by atoms with Crippen LogP contribution in [0, 0.1) is 24.2 Å². The minimum atomic E-state index is -0.330. The second kappa shape index (κ2) is 15.4. The van der Waals surface area contributed by atoms with E-state index in [0.29, 0.717) is 11.8 Å². The van der Waals surface area contributed by atoms with E-state index in [1.54, 1.807) is 28.4 Å². The molecule has 1 N–H and O–H groups in total. The molecule has 5 heteroatoms. The van der Waals surface area contributed by atoms with E-state index in [0.717, 1.165) is 80.2 Å². The van der Waals surface area contributed by atoms with Crippen molar-refractivity contribution >= 4 is 0 Å². The molecule has 204 valence electrons. The third-order valence-corrected chi connectivity index (χ3v) is 7.27. The average molecular weight is 510 g/mol. The summed E-state index contributed by atoms with van der Waals surface area (Å²) in [6, 6.07) is 12.3. The standard InChI is InChI=1S/C32H47NO4/c1-9-26(13-11-12-19-33-20-18-25-14-16-28(34-5)30(21-25)36-7)32(10-2,23-24(3)4)27-15-17-29(35-6)31(22-27)37-8/h2,14-17,21-22,24,26,33H,9,11-13,18-20,23H2,1,3-8H3. The molecule has 0 aliphatic heterocycles. The van der Waals surface area contributed by atoms with E-state index in [2.05, 4.69) is 56.3 Å². The highest BCUT2D eigenvalue weighted by Crippen LogP contribution is 2.44. The molecule has 5 nitrogen and oxygen atoms in total. The van der Waals surface area contributed by atoms with Gasteiger partial charge in [0.2, 0.25) is 0 Å². The summed E-state index contributed by atoms with van der Waals surface area (Å²) in [7, 11) is 6.67. The maximum Gasteiger partial charge on any atom is 0.161 e. The predicted molar refractivity (Wildman–Crippen MR) is 153 cm³/mol. The summed E-state index contributed by atoms with van der Waals surface area (Å²) in [6.07, 6.45) is 12.6. The van der Waals surface area contributed by atoms with Crippen LogP contribution in [0.5, 0.6) is 23.0 Å². The molecule has 0 fully saturated rings. The van der Waals surface area contributed by atoms with E-state index in [1.807, 2.05) is 12.1 Å². The predicted octanol–water partition coefficient (Wildman–Crippen LogP) is 6.67. The van der Waals surface area contributed by atoms with E-state index in [1.165, 1.54) is 5.56 Å². The fourth-order valence-corrected chi connectivity index (χ4v) is 5.37. The van der Waals surface area contributed by atoms with Crippen LogP contribution in [0.4, 0.5) is 0 Å². The number of hydrogen-bond acceptors (Lipinski definition) is 5. The molecule has 2 aromatic carbocycles. The molecule has 2 aromatic rings. The van der Waals surface area contributed by atoms with E-state index >= 15 is 0 Å². The van der Waals surface area contributed by atoms with Gasteiger partial charge in [0.1, 0.15) is 0 Å². The molecule has 37 heavy (non-hydrogen) atoms. The van der Waals surface area contributed by atoms with Crippen LogP contribution in [0.1, 0.15) is 64.0 Å². The van der Waals surface area contributed by atoms with Gasteiger partial charge in [-0.25, -0.2) is 0 Å². The molecule has 2 unspecified atom stereocenters. The highest BCUT2D eigenvalue weighted by atomic mass is 16.5. The minimum Gasteiger partial charge on any atom is -0.493 e. The molecule has 0 aromatic heterocycles. The van der Waals surface area contributed by atoms with Crippen LogP contribution in [0.3, 0.4) is 0 Å². The molecule has 2 atom stereocenters. The van der Waals surface area contributed by atoms with Gasteiger partial charge in [-0.1, -0.05) is 51.7 Å². The summed E-state index contributed by atoms with van der Waals surface area (Å²) in [5, 5.41) is 3.59. The summed E-state index contributed by atoms with van der Waals surface area (Å²) in [5.41, 5.74) is 2.06. The van der Waals surface area contributed by atoms with Crippen LogP contribution in [0.2, 0.25) is 0 Å². The monoisotopic (exact) mass is 509 g/mol. The Labute approximate surface area is 225 Å². The second-order valence-electron chi connectivity index (χ2n) is 10.1. The van der Waals surface area contributed by atoms with Crippen molar-refractivity contribution in [1.29, 1.82) is 0 Å². The third-order valence-electron chi connectivity index (χ3n) is 7.27. The molecule has 0 radical (unpaired) electrons. The van der Waals surface area contributed by atoms with Crippen molar-refractivity contribution in [2.24, 2.45) is 11.8 Å². The lowest BCUT2D eigenvalue weighted by Gasteiger charge is -2.39. The number of benzene rings is 2. The first kappa shape index (κ1) is 30.4. The second-order valence-corrected chi connectivity index (χ2v) is 10.1. The molecule has 2 rings (SSSR count). The number of terminal acetylenes is 1. The summed E-state index contributed by atoms with van der Waals surface area (Å²) >= 11 is 0. The van der Waals surface area contributed by atoms with Gasteiger partial charge in [-0.2, -0.15) is 0 Å². The Bertz CT molecular complexity index is 997. The molecule has 0 heterocycles. The number of nitrogens with one attached hydrogen (secondary N) is 1. The quantitative estimate of drug-likeness (QED) is 0.191. The Morgan fingerprint density at radius 3 is 2.03 bits per heavy atom. The number of unbranched alkanes of at least 4 members (excludes halogenated alkanes) is 1. The normalized spacial score (nSPS) is 13.5.